The van der Waals surface area contributed by atoms with Gasteiger partial charge in [0.05, 0.1) is 11.8 Å². The maximum Gasteiger partial charge on any atom is 0.223 e. The van der Waals surface area contributed by atoms with Gasteiger partial charge in [-0.25, -0.2) is 12.7 Å². The number of amides is 1. The van der Waals surface area contributed by atoms with Gasteiger partial charge in [0, 0.05) is 19.0 Å². The Kier molecular flexibility index (Phi) is 6.86. The van der Waals surface area contributed by atoms with Gasteiger partial charge in [-0.15, -0.1) is 0 Å². The molecule has 2 rings (SSSR count). The van der Waals surface area contributed by atoms with Crippen LogP contribution in [-0.2, 0) is 14.8 Å². The molecule has 0 bridgehead atoms. The van der Waals surface area contributed by atoms with Gasteiger partial charge in [0.2, 0.25) is 15.9 Å². The van der Waals surface area contributed by atoms with Crippen molar-refractivity contribution in [3.05, 3.63) is 34.9 Å². The second-order valence-corrected chi connectivity index (χ2v) is 9.92. The first-order valence-corrected chi connectivity index (χ1v) is 11.1. The predicted molar refractivity (Wildman–Crippen MR) is 105 cm³/mol. The van der Waals surface area contributed by atoms with Gasteiger partial charge in [0.15, 0.2) is 0 Å². The quantitative estimate of drug-likeness (QED) is 0.824. The van der Waals surface area contributed by atoms with Crippen LogP contribution in [0.4, 0.5) is 0 Å². The molecule has 0 aromatic heterocycles. The number of piperidine rings is 1. The van der Waals surface area contributed by atoms with E-state index < -0.39 is 10.0 Å². The maximum absolute atomic E-state index is 12.8. The summed E-state index contributed by atoms with van der Waals surface area (Å²) in [5.74, 6) is 0.315. The van der Waals surface area contributed by atoms with Crippen molar-refractivity contribution in [2.75, 3.05) is 18.8 Å². The van der Waals surface area contributed by atoms with Crippen molar-refractivity contribution >= 4 is 15.9 Å². The molecule has 6 heteroatoms. The molecule has 1 N–H and O–H groups in total. The molecule has 1 saturated heterocycles. The number of nitrogens with zero attached hydrogens (tertiary/aromatic N) is 1. The van der Waals surface area contributed by atoms with Crippen LogP contribution in [-0.4, -0.2) is 37.5 Å². The average Bonchev–Trinajstić information content (AvgIpc) is 2.60. The molecule has 1 aliphatic rings. The minimum Gasteiger partial charge on any atom is -0.349 e. The summed E-state index contributed by atoms with van der Waals surface area (Å²) >= 11 is 0. The van der Waals surface area contributed by atoms with E-state index in [0.29, 0.717) is 25.9 Å². The van der Waals surface area contributed by atoms with E-state index in [1.54, 1.807) is 6.92 Å². The molecule has 0 unspecified atom stereocenters. The van der Waals surface area contributed by atoms with Crippen LogP contribution in [0.5, 0.6) is 0 Å². The normalized spacial score (nSPS) is 18.1. The Labute approximate surface area is 158 Å². The minimum atomic E-state index is -3.16. The summed E-state index contributed by atoms with van der Waals surface area (Å²) in [4.78, 5) is 12.8. The van der Waals surface area contributed by atoms with Crippen molar-refractivity contribution in [1.82, 2.24) is 9.62 Å². The summed E-state index contributed by atoms with van der Waals surface area (Å²) in [6.45, 7) is 10.9. The van der Waals surface area contributed by atoms with E-state index in [4.69, 9.17) is 0 Å². The zero-order valence-corrected chi connectivity index (χ0v) is 17.4. The lowest BCUT2D eigenvalue weighted by molar-refractivity contribution is -0.127. The third-order valence-electron chi connectivity index (χ3n) is 5.31. The molecule has 26 heavy (non-hydrogen) atoms. The zero-order valence-electron chi connectivity index (χ0n) is 16.6. The third-order valence-corrected chi connectivity index (χ3v) is 7.19. The molecule has 0 aliphatic carbocycles. The van der Waals surface area contributed by atoms with Crippen LogP contribution in [0.25, 0.3) is 0 Å². The Bertz CT molecular complexity index is 735. The number of hydrogen-bond acceptors (Lipinski definition) is 3. The van der Waals surface area contributed by atoms with Crippen LogP contribution in [0.1, 0.15) is 56.3 Å². The second kappa shape index (κ2) is 8.53. The number of hydrogen-bond donors (Lipinski definition) is 1. The monoisotopic (exact) mass is 380 g/mol. The lowest BCUT2D eigenvalue weighted by Gasteiger charge is -2.32. The minimum absolute atomic E-state index is 0.0273. The molecular weight excluding hydrogens is 348 g/mol. The molecule has 0 saturated carbocycles. The smallest absolute Gasteiger partial charge is 0.223 e. The third kappa shape index (κ3) is 4.86. The highest BCUT2D eigenvalue weighted by atomic mass is 32.2. The van der Waals surface area contributed by atoms with E-state index in [9.17, 15) is 13.2 Å². The van der Waals surface area contributed by atoms with Crippen molar-refractivity contribution in [2.45, 2.75) is 53.5 Å². The highest BCUT2D eigenvalue weighted by Crippen LogP contribution is 2.27. The summed E-state index contributed by atoms with van der Waals surface area (Å²) in [6.07, 6.45) is 1.17. The van der Waals surface area contributed by atoms with E-state index in [-0.39, 0.29) is 29.5 Å². The Morgan fingerprint density at radius 3 is 2.35 bits per heavy atom. The van der Waals surface area contributed by atoms with Crippen LogP contribution >= 0.6 is 0 Å². The van der Waals surface area contributed by atoms with Gasteiger partial charge in [-0.2, -0.15) is 0 Å². The lowest BCUT2D eigenvalue weighted by Crippen LogP contribution is -2.44. The summed E-state index contributed by atoms with van der Waals surface area (Å²) in [5.41, 5.74) is 3.56. The van der Waals surface area contributed by atoms with E-state index in [1.165, 1.54) is 15.4 Å². The summed E-state index contributed by atoms with van der Waals surface area (Å²) < 4.78 is 25.5. The molecule has 1 heterocycles. The second-order valence-electron chi connectivity index (χ2n) is 7.66. The summed E-state index contributed by atoms with van der Waals surface area (Å²) in [5, 5.41) is 3.22. The van der Waals surface area contributed by atoms with Crippen molar-refractivity contribution in [3.8, 4) is 0 Å². The first-order chi connectivity index (χ1) is 12.2. The largest absolute Gasteiger partial charge is 0.349 e. The van der Waals surface area contributed by atoms with Crippen LogP contribution in [0.2, 0.25) is 0 Å². The van der Waals surface area contributed by atoms with E-state index in [1.807, 2.05) is 0 Å². The first-order valence-electron chi connectivity index (χ1n) is 9.51. The highest BCUT2D eigenvalue weighted by molar-refractivity contribution is 7.89. The molecule has 1 amide bonds. The van der Waals surface area contributed by atoms with Crippen molar-refractivity contribution in [1.29, 1.82) is 0 Å². The Balaban J connectivity index is 2.05. The predicted octanol–water partition coefficient (Wildman–Crippen LogP) is 3.18. The molecule has 0 radical (unpaired) electrons. The van der Waals surface area contributed by atoms with Crippen LogP contribution in [0.3, 0.4) is 0 Å². The van der Waals surface area contributed by atoms with Gasteiger partial charge in [-0.05, 0) is 50.7 Å². The number of rotatable bonds is 6. The first kappa shape index (κ1) is 20.9. The summed E-state index contributed by atoms with van der Waals surface area (Å²) in [7, 11) is -3.16. The van der Waals surface area contributed by atoms with Gasteiger partial charge in [0.25, 0.3) is 0 Å². The molecule has 1 aromatic rings. The zero-order chi connectivity index (χ0) is 19.5. The van der Waals surface area contributed by atoms with Crippen LogP contribution in [0.15, 0.2) is 18.2 Å². The molecule has 5 nitrogen and oxygen atoms in total. The fourth-order valence-electron chi connectivity index (χ4n) is 3.63. The number of carbonyl (C=O) groups is 1. The molecular formula is C20H32N2O3S. The van der Waals surface area contributed by atoms with Crippen LogP contribution < -0.4 is 5.32 Å². The number of aryl methyl sites for hydroxylation is 2. The van der Waals surface area contributed by atoms with Gasteiger partial charge in [0.1, 0.15) is 0 Å². The van der Waals surface area contributed by atoms with E-state index in [0.717, 1.165) is 5.56 Å². The Hall–Kier alpha value is -1.40. The molecule has 1 atom stereocenters. The van der Waals surface area contributed by atoms with Gasteiger partial charge in [-0.3, -0.25) is 4.79 Å². The number of sulfonamides is 1. The molecule has 1 aliphatic heterocycles. The molecule has 146 valence electrons. The highest BCUT2D eigenvalue weighted by Gasteiger charge is 2.31. The molecule has 1 aromatic carbocycles. The van der Waals surface area contributed by atoms with Gasteiger partial charge >= 0.3 is 0 Å². The Morgan fingerprint density at radius 1 is 1.23 bits per heavy atom. The fourth-order valence-corrected chi connectivity index (χ4v) is 4.76. The maximum atomic E-state index is 12.8. The number of nitrogens with one attached hydrogen (secondary N) is 1. The Morgan fingerprint density at radius 2 is 1.85 bits per heavy atom. The standard InChI is InChI=1S/C20H32N2O3S/c1-6-26(24,25)22-11-9-17(10-12-22)20(23)21-19(14(2)3)18-8-7-15(4)13-16(18)5/h7-8,13-14,17,19H,6,9-12H2,1-5H3,(H,21,23)/t19-/m0/s1. The van der Waals surface area contributed by atoms with Crippen molar-refractivity contribution < 1.29 is 13.2 Å². The lowest BCUT2D eigenvalue weighted by atomic mass is 9.90. The average molecular weight is 381 g/mol. The fraction of sp³-hybridized carbons (Fsp3) is 0.650. The SMILES string of the molecule is CCS(=O)(=O)N1CCC(C(=O)N[C@H](c2ccc(C)cc2C)C(C)C)CC1. The van der Waals surface area contributed by atoms with Gasteiger partial charge in [-0.1, -0.05) is 37.6 Å². The molecule has 1 fully saturated rings. The van der Waals surface area contributed by atoms with Crippen molar-refractivity contribution in [2.24, 2.45) is 11.8 Å². The van der Waals surface area contributed by atoms with E-state index in [2.05, 4.69) is 51.2 Å². The molecule has 0 spiro atoms. The summed E-state index contributed by atoms with van der Waals surface area (Å²) in [6, 6.07) is 6.30. The van der Waals surface area contributed by atoms with Crippen molar-refractivity contribution in [3.63, 3.8) is 0 Å². The number of carbonyl (C=O) groups excluding carboxylic acids is 1. The van der Waals surface area contributed by atoms with Crippen LogP contribution in [0, 0.1) is 25.7 Å². The van der Waals surface area contributed by atoms with E-state index >= 15 is 0 Å². The van der Waals surface area contributed by atoms with Gasteiger partial charge < -0.3 is 5.32 Å². The topological polar surface area (TPSA) is 66.5 Å². The number of benzene rings is 1.